The number of sulfone groups is 1. The van der Waals surface area contributed by atoms with Crippen molar-refractivity contribution in [3.8, 4) is 69.2 Å². The number of hydrogen-bond acceptors (Lipinski definition) is 16. The minimum atomic E-state index is -3.68. The summed E-state index contributed by atoms with van der Waals surface area (Å²) in [6.45, 7) is 10.1. The highest BCUT2D eigenvalue weighted by molar-refractivity contribution is 7.92. The molecule has 0 fully saturated rings. The number of para-hydroxylation sites is 2. The van der Waals surface area contributed by atoms with Crippen LogP contribution in [0.4, 0.5) is 5.95 Å². The van der Waals surface area contributed by atoms with E-state index in [1.807, 2.05) is 0 Å². The average molecular weight is 938 g/mol. The molecule has 0 amide bonds. The third-order valence-corrected chi connectivity index (χ3v) is 14.8. The van der Waals surface area contributed by atoms with Crippen LogP contribution in [0.2, 0.25) is 25.7 Å². The highest BCUT2D eigenvalue weighted by Gasteiger charge is 2.33. The second-order valence-electron chi connectivity index (χ2n) is 15.0. The van der Waals surface area contributed by atoms with Gasteiger partial charge in [0.1, 0.15) is 51.5 Å². The maximum atomic E-state index is 13.3. The first-order valence-electron chi connectivity index (χ1n) is 20.1. The van der Waals surface area contributed by atoms with Gasteiger partial charge < -0.3 is 28.4 Å². The maximum absolute atomic E-state index is 13.3. The monoisotopic (exact) mass is 937 g/mol. The Morgan fingerprint density at radius 1 is 0.562 bits per heavy atom. The summed E-state index contributed by atoms with van der Waals surface area (Å²) in [5.41, 5.74) is 1.88. The van der Waals surface area contributed by atoms with Crippen molar-refractivity contribution in [3.05, 3.63) is 78.6 Å². The van der Waals surface area contributed by atoms with Gasteiger partial charge in [0, 0.05) is 32.5 Å². The van der Waals surface area contributed by atoms with E-state index in [2.05, 4.69) is 50.0 Å². The molecule has 64 heavy (non-hydrogen) atoms. The Morgan fingerprint density at radius 3 is 1.42 bits per heavy atom. The number of aromatic nitrogens is 8. The number of ether oxygens (including phenoxy) is 6. The minimum Gasteiger partial charge on any atom is -0.494 e. The fourth-order valence-corrected chi connectivity index (χ4v) is 9.17. The molecule has 0 spiro atoms. The average Bonchev–Trinajstić information content (AvgIpc) is 3.92. The summed E-state index contributed by atoms with van der Waals surface area (Å²) < 4.78 is 88.7. The Labute approximate surface area is 375 Å². The molecule has 0 saturated carbocycles. The predicted octanol–water partition coefficient (Wildman–Crippen LogP) is 6.14. The zero-order chi connectivity index (χ0) is 46.8. The van der Waals surface area contributed by atoms with Gasteiger partial charge in [-0.2, -0.15) is 0 Å². The molecule has 22 heteroatoms. The number of anilines is 1. The van der Waals surface area contributed by atoms with Crippen LogP contribution in [-0.4, -0.2) is 125 Å². The Morgan fingerprint density at radius 2 is 1.00 bits per heavy atom. The lowest BCUT2D eigenvalue weighted by molar-refractivity contribution is 0.390. The van der Waals surface area contributed by atoms with Gasteiger partial charge in [-0.15, -0.1) is 20.4 Å². The number of benzene rings is 2. The quantitative estimate of drug-likeness (QED) is 0.0834. The SMILES string of the molecule is CCS(=O)(=O)Cc1nnc(-c2cccc(OC)n2)n1-c1c(OC)cccc1OC.CCS(=O)(=O)N(CC[Si](C)(C)C)c1nnc(-c2cccc(OC)n2)n1-c1c(OC)cccc1OC. The van der Waals surface area contributed by atoms with Gasteiger partial charge in [0.15, 0.2) is 27.3 Å². The molecule has 4 heterocycles. The summed E-state index contributed by atoms with van der Waals surface area (Å²) in [7, 11) is 0.518. The fourth-order valence-electron chi connectivity index (χ4n) is 6.29. The van der Waals surface area contributed by atoms with Crippen LogP contribution in [0.3, 0.4) is 0 Å². The molecule has 0 bridgehead atoms. The number of methoxy groups -OCH3 is 6. The number of rotatable bonds is 19. The van der Waals surface area contributed by atoms with E-state index >= 15 is 0 Å². The van der Waals surface area contributed by atoms with Crippen LogP contribution in [0.1, 0.15) is 19.7 Å². The van der Waals surface area contributed by atoms with Gasteiger partial charge in [-0.05, 0) is 49.4 Å². The van der Waals surface area contributed by atoms with Crippen molar-refractivity contribution < 1.29 is 45.3 Å². The van der Waals surface area contributed by atoms with Crippen molar-refractivity contribution in [3.63, 3.8) is 0 Å². The van der Waals surface area contributed by atoms with Gasteiger partial charge in [0.2, 0.25) is 27.7 Å². The largest absolute Gasteiger partial charge is 0.494 e. The molecule has 6 aromatic rings. The van der Waals surface area contributed by atoms with Crippen molar-refractivity contribution in [2.45, 2.75) is 45.3 Å². The first kappa shape index (κ1) is 48.8. The molecule has 0 atom stereocenters. The van der Waals surface area contributed by atoms with Crippen LogP contribution in [0.25, 0.3) is 34.4 Å². The fraction of sp³-hybridized carbons (Fsp3) is 0.381. The predicted molar refractivity (Wildman–Crippen MR) is 247 cm³/mol. The van der Waals surface area contributed by atoms with Crippen molar-refractivity contribution in [2.24, 2.45) is 0 Å². The third kappa shape index (κ3) is 11.1. The number of pyridine rings is 2. The van der Waals surface area contributed by atoms with Crippen molar-refractivity contribution in [2.75, 3.05) is 65.0 Å². The van der Waals surface area contributed by atoms with Crippen LogP contribution in [0.15, 0.2) is 72.8 Å². The van der Waals surface area contributed by atoms with Crippen molar-refractivity contribution in [1.29, 1.82) is 0 Å². The molecule has 344 valence electrons. The highest BCUT2D eigenvalue weighted by atomic mass is 32.2. The number of hydrogen-bond donors (Lipinski definition) is 0. The lowest BCUT2D eigenvalue weighted by Crippen LogP contribution is -2.38. The van der Waals surface area contributed by atoms with E-state index in [1.54, 1.807) is 95.8 Å². The van der Waals surface area contributed by atoms with E-state index in [-0.39, 0.29) is 35.6 Å². The summed E-state index contributed by atoms with van der Waals surface area (Å²) in [6, 6.07) is 21.8. The van der Waals surface area contributed by atoms with Crippen LogP contribution in [-0.2, 0) is 25.6 Å². The third-order valence-electron chi connectivity index (χ3n) is 9.73. The van der Waals surface area contributed by atoms with Crippen molar-refractivity contribution >= 4 is 33.9 Å². The lowest BCUT2D eigenvalue weighted by Gasteiger charge is -2.27. The molecule has 0 radical (unpaired) electrons. The molecule has 0 N–H and O–H groups in total. The number of nitrogens with zero attached hydrogens (tertiary/aromatic N) is 9. The molecule has 0 unspecified atom stereocenters. The molecular weight excluding hydrogens is 883 g/mol. The molecule has 0 aliphatic rings. The lowest BCUT2D eigenvalue weighted by atomic mass is 10.2. The summed E-state index contributed by atoms with van der Waals surface area (Å²) in [5.74, 6) is 3.32. The highest BCUT2D eigenvalue weighted by Crippen LogP contribution is 2.40. The molecule has 0 saturated heterocycles. The van der Waals surface area contributed by atoms with Crippen LogP contribution in [0.5, 0.6) is 34.8 Å². The van der Waals surface area contributed by atoms with Gasteiger partial charge in [-0.25, -0.2) is 31.1 Å². The second kappa shape index (κ2) is 20.9. The summed E-state index contributed by atoms with van der Waals surface area (Å²) in [6.07, 6.45) is 0. The van der Waals surface area contributed by atoms with E-state index in [0.717, 1.165) is 6.04 Å². The standard InChI is InChI=1S/C23H33N5O5SSi.C19H22N4O5S/c1-8-34(29,30)27(15-16-35(5,6)7)23-26-25-22(17-11-9-14-20(24-17)33-4)28(23)21-18(31-2)12-10-13-19(21)32-3;1-5-29(24,25)12-16-21-22-19(13-8-6-11-17(20-13)28-4)23(16)18-14(26-2)9-7-10-15(18)27-3/h9-14H,8,15-16H2,1-7H3;6-11H,5,12H2,1-4H3. The van der Waals surface area contributed by atoms with Gasteiger partial charge in [0.25, 0.3) is 0 Å². The van der Waals surface area contributed by atoms with E-state index < -0.39 is 27.9 Å². The van der Waals surface area contributed by atoms with Gasteiger partial charge in [0.05, 0.1) is 48.4 Å². The zero-order valence-corrected chi connectivity index (χ0v) is 40.5. The number of sulfonamides is 1. The Hall–Kier alpha value is -6.26. The molecule has 0 aliphatic carbocycles. The zero-order valence-electron chi connectivity index (χ0n) is 37.9. The Bertz CT molecular complexity index is 2720. The van der Waals surface area contributed by atoms with Crippen LogP contribution in [0, 0.1) is 0 Å². The summed E-state index contributed by atoms with van der Waals surface area (Å²) in [4.78, 5) is 8.92. The first-order valence-corrected chi connectivity index (χ1v) is 27.2. The molecule has 6 rings (SSSR count). The van der Waals surface area contributed by atoms with Crippen LogP contribution >= 0.6 is 0 Å². The van der Waals surface area contributed by atoms with Gasteiger partial charge >= 0.3 is 0 Å². The Kier molecular flexibility index (Phi) is 16.0. The van der Waals surface area contributed by atoms with E-state index in [4.69, 9.17) is 28.4 Å². The summed E-state index contributed by atoms with van der Waals surface area (Å²) >= 11 is 0. The topological polar surface area (TPSA) is 214 Å². The molecule has 4 aromatic heterocycles. The van der Waals surface area contributed by atoms with Crippen molar-refractivity contribution in [1.82, 2.24) is 39.5 Å². The van der Waals surface area contributed by atoms with Crippen LogP contribution < -0.4 is 32.7 Å². The molecular formula is C42H55N9O10S2Si. The van der Waals surface area contributed by atoms with E-state index in [0.29, 0.717) is 69.2 Å². The molecule has 0 aliphatic heterocycles. The maximum Gasteiger partial charge on any atom is 0.246 e. The molecule has 2 aromatic carbocycles. The minimum absolute atomic E-state index is 0.0182. The van der Waals surface area contributed by atoms with Gasteiger partial charge in [-0.1, -0.05) is 50.8 Å². The Balaban J connectivity index is 0.000000245. The first-order chi connectivity index (χ1) is 30.5. The van der Waals surface area contributed by atoms with E-state index in [9.17, 15) is 16.8 Å². The normalized spacial score (nSPS) is 11.6. The smallest absolute Gasteiger partial charge is 0.246 e. The molecule has 19 nitrogen and oxygen atoms in total. The summed E-state index contributed by atoms with van der Waals surface area (Å²) in [5, 5.41) is 17.1. The van der Waals surface area contributed by atoms with Gasteiger partial charge in [-0.3, -0.25) is 9.13 Å². The van der Waals surface area contributed by atoms with E-state index in [1.165, 1.54) is 47.0 Å². The second-order valence-corrected chi connectivity index (χ2v) is 25.2.